The Morgan fingerprint density at radius 1 is 1.38 bits per heavy atom. The van der Waals surface area contributed by atoms with Gasteiger partial charge < -0.3 is 15.5 Å². The van der Waals surface area contributed by atoms with Crippen LogP contribution in [0.4, 0.5) is 0 Å². The topological polar surface area (TPSA) is 98.3 Å². The first-order valence-corrected chi connectivity index (χ1v) is 8.20. The first-order valence-electron chi connectivity index (χ1n) is 8.20. The molecule has 0 aliphatic carbocycles. The molecule has 1 fully saturated rings. The maximum absolute atomic E-state index is 11.5. The van der Waals surface area contributed by atoms with E-state index >= 15 is 0 Å². The summed E-state index contributed by atoms with van der Waals surface area (Å²) in [6, 6.07) is 0. The van der Waals surface area contributed by atoms with Crippen molar-refractivity contribution < 1.29 is 4.79 Å². The lowest BCUT2D eigenvalue weighted by atomic mass is 9.96. The second kappa shape index (κ2) is 10.5. The van der Waals surface area contributed by atoms with E-state index < -0.39 is 0 Å². The summed E-state index contributed by atoms with van der Waals surface area (Å²) in [5, 5.41) is 13.1. The molecule has 3 N–H and O–H groups in total. The lowest BCUT2D eigenvalue weighted by Gasteiger charge is -2.33. The van der Waals surface area contributed by atoms with Crippen LogP contribution in [-0.4, -0.2) is 65.2 Å². The molecular formula is C15H28IN7O. The van der Waals surface area contributed by atoms with Crippen LogP contribution in [0.5, 0.6) is 0 Å². The zero-order valence-corrected chi connectivity index (χ0v) is 16.9. The number of carbonyl (C=O) groups excluding carboxylic acids is 1. The number of aromatic nitrogens is 3. The molecule has 0 atom stereocenters. The van der Waals surface area contributed by atoms with Crippen LogP contribution in [0.2, 0.25) is 0 Å². The number of amides is 1. The number of likely N-dealkylation sites (tertiary alicyclic amines) is 1. The van der Waals surface area contributed by atoms with E-state index in [0.717, 1.165) is 37.7 Å². The third-order valence-electron chi connectivity index (χ3n) is 4.06. The van der Waals surface area contributed by atoms with Crippen LogP contribution in [0.15, 0.2) is 11.3 Å². The second-order valence-corrected chi connectivity index (χ2v) is 6.05. The molecule has 0 spiro atoms. The largest absolute Gasteiger partial charge is 0.354 e. The van der Waals surface area contributed by atoms with Crippen LogP contribution < -0.4 is 10.6 Å². The van der Waals surface area contributed by atoms with Crippen LogP contribution in [0.3, 0.4) is 0 Å². The minimum atomic E-state index is 0. The smallest absolute Gasteiger partial charge is 0.222 e. The highest BCUT2D eigenvalue weighted by atomic mass is 127. The van der Waals surface area contributed by atoms with Crippen molar-refractivity contribution in [3.63, 3.8) is 0 Å². The van der Waals surface area contributed by atoms with Gasteiger partial charge in [-0.2, -0.15) is 5.10 Å². The van der Waals surface area contributed by atoms with Crippen molar-refractivity contribution in [3.05, 3.63) is 12.2 Å². The lowest BCUT2D eigenvalue weighted by molar-refractivity contribution is -0.123. The van der Waals surface area contributed by atoms with Crippen LogP contribution in [0, 0.1) is 5.92 Å². The molecule has 1 amide bonds. The van der Waals surface area contributed by atoms with Crippen LogP contribution >= 0.6 is 24.0 Å². The quantitative estimate of drug-likeness (QED) is 0.269. The standard InChI is InChI=1S/C15H27N7O.HI/c1-11(2)14(23)17-6-7-18-15(16-3)22-8-4-12(5-9-22)13-19-10-20-21-13;/h10-12H,4-9H2,1-3H3,(H,16,18)(H,17,23)(H,19,20,21);1H. The number of aromatic amines is 1. The molecule has 1 saturated heterocycles. The van der Waals surface area contributed by atoms with Crippen LogP contribution in [0.25, 0.3) is 0 Å². The highest BCUT2D eigenvalue weighted by Gasteiger charge is 2.24. The first-order chi connectivity index (χ1) is 11.1. The molecule has 1 aromatic heterocycles. The fraction of sp³-hybridized carbons (Fsp3) is 0.733. The Balaban J connectivity index is 0.00000288. The molecule has 1 aromatic rings. The number of guanidine groups is 1. The SMILES string of the molecule is CN=C(NCCNC(=O)C(C)C)N1CCC(c2ncn[nH]2)CC1.I. The van der Waals surface area contributed by atoms with Gasteiger partial charge in [-0.15, -0.1) is 24.0 Å². The molecule has 1 aliphatic rings. The van der Waals surface area contributed by atoms with Crippen molar-refractivity contribution in [3.8, 4) is 0 Å². The molecular weight excluding hydrogens is 421 g/mol. The Morgan fingerprint density at radius 3 is 2.58 bits per heavy atom. The molecule has 0 saturated carbocycles. The molecule has 136 valence electrons. The fourth-order valence-electron chi connectivity index (χ4n) is 2.67. The number of piperidine rings is 1. The van der Waals surface area contributed by atoms with Gasteiger partial charge in [-0.1, -0.05) is 13.8 Å². The van der Waals surface area contributed by atoms with Crippen LogP contribution in [-0.2, 0) is 4.79 Å². The van der Waals surface area contributed by atoms with Gasteiger partial charge in [0.25, 0.3) is 0 Å². The number of rotatable bonds is 5. The number of hydrogen-bond donors (Lipinski definition) is 3. The van der Waals surface area contributed by atoms with Gasteiger partial charge in [0.05, 0.1) is 0 Å². The second-order valence-electron chi connectivity index (χ2n) is 6.05. The minimum Gasteiger partial charge on any atom is -0.354 e. The van der Waals surface area contributed by atoms with E-state index in [4.69, 9.17) is 0 Å². The fourth-order valence-corrected chi connectivity index (χ4v) is 2.67. The van der Waals surface area contributed by atoms with Gasteiger partial charge in [0.1, 0.15) is 12.2 Å². The van der Waals surface area contributed by atoms with E-state index in [9.17, 15) is 4.79 Å². The average Bonchev–Trinajstić information content (AvgIpc) is 3.09. The van der Waals surface area contributed by atoms with E-state index in [2.05, 4.69) is 35.7 Å². The monoisotopic (exact) mass is 449 g/mol. The average molecular weight is 449 g/mol. The number of aliphatic imine (C=N–C) groups is 1. The van der Waals surface area contributed by atoms with E-state index in [0.29, 0.717) is 19.0 Å². The third-order valence-corrected chi connectivity index (χ3v) is 4.06. The van der Waals surface area contributed by atoms with Gasteiger partial charge in [-0.25, -0.2) is 4.98 Å². The van der Waals surface area contributed by atoms with Gasteiger partial charge in [-0.3, -0.25) is 14.9 Å². The number of nitrogens with one attached hydrogen (secondary N) is 3. The maximum atomic E-state index is 11.5. The van der Waals surface area contributed by atoms with Crippen molar-refractivity contribution in [2.45, 2.75) is 32.6 Å². The molecule has 0 unspecified atom stereocenters. The highest BCUT2D eigenvalue weighted by molar-refractivity contribution is 14.0. The summed E-state index contributed by atoms with van der Waals surface area (Å²) in [5.74, 6) is 2.40. The zero-order chi connectivity index (χ0) is 16.7. The molecule has 0 radical (unpaired) electrons. The van der Waals surface area contributed by atoms with Crippen molar-refractivity contribution in [2.24, 2.45) is 10.9 Å². The van der Waals surface area contributed by atoms with Gasteiger partial charge in [-0.05, 0) is 12.8 Å². The Morgan fingerprint density at radius 2 is 2.04 bits per heavy atom. The summed E-state index contributed by atoms with van der Waals surface area (Å²) in [7, 11) is 1.79. The molecule has 2 heterocycles. The van der Waals surface area contributed by atoms with Gasteiger partial charge in [0.2, 0.25) is 5.91 Å². The lowest BCUT2D eigenvalue weighted by Crippen LogP contribution is -2.47. The van der Waals surface area contributed by atoms with Crippen molar-refractivity contribution in [1.29, 1.82) is 0 Å². The Hall–Kier alpha value is -1.39. The molecule has 8 nitrogen and oxygen atoms in total. The molecule has 1 aliphatic heterocycles. The van der Waals surface area contributed by atoms with E-state index in [1.807, 2.05) is 13.8 Å². The van der Waals surface area contributed by atoms with E-state index in [1.165, 1.54) is 0 Å². The van der Waals surface area contributed by atoms with Crippen LogP contribution in [0.1, 0.15) is 38.4 Å². The third kappa shape index (κ3) is 5.91. The number of nitrogens with zero attached hydrogens (tertiary/aromatic N) is 4. The van der Waals surface area contributed by atoms with Crippen molar-refractivity contribution in [1.82, 2.24) is 30.7 Å². The normalized spacial score (nSPS) is 16.0. The molecule has 2 rings (SSSR count). The van der Waals surface area contributed by atoms with Crippen molar-refractivity contribution >= 4 is 35.8 Å². The predicted molar refractivity (Wildman–Crippen MR) is 105 cm³/mol. The summed E-state index contributed by atoms with van der Waals surface area (Å²) in [4.78, 5) is 22.3. The summed E-state index contributed by atoms with van der Waals surface area (Å²) >= 11 is 0. The highest BCUT2D eigenvalue weighted by Crippen LogP contribution is 2.24. The summed E-state index contributed by atoms with van der Waals surface area (Å²) < 4.78 is 0. The Labute approximate surface area is 160 Å². The molecule has 9 heteroatoms. The maximum Gasteiger partial charge on any atom is 0.222 e. The van der Waals surface area contributed by atoms with Gasteiger partial charge >= 0.3 is 0 Å². The summed E-state index contributed by atoms with van der Waals surface area (Å²) in [6.45, 7) is 6.92. The van der Waals surface area contributed by atoms with E-state index in [1.54, 1.807) is 13.4 Å². The molecule has 24 heavy (non-hydrogen) atoms. The molecule has 0 bridgehead atoms. The minimum absolute atomic E-state index is 0. The number of hydrogen-bond acceptors (Lipinski definition) is 4. The zero-order valence-electron chi connectivity index (χ0n) is 14.6. The Kier molecular flexibility index (Phi) is 9.01. The summed E-state index contributed by atoms with van der Waals surface area (Å²) in [5.41, 5.74) is 0. The predicted octanol–water partition coefficient (Wildman–Crippen LogP) is 0.950. The van der Waals surface area contributed by atoms with E-state index in [-0.39, 0.29) is 35.8 Å². The molecule has 0 aromatic carbocycles. The Bertz CT molecular complexity index is 510. The number of H-pyrrole nitrogens is 1. The van der Waals surface area contributed by atoms with Gasteiger partial charge in [0.15, 0.2) is 5.96 Å². The number of carbonyl (C=O) groups is 1. The van der Waals surface area contributed by atoms with Gasteiger partial charge in [0, 0.05) is 45.1 Å². The first kappa shape index (κ1) is 20.7. The number of halogens is 1. The van der Waals surface area contributed by atoms with Crippen molar-refractivity contribution in [2.75, 3.05) is 33.2 Å². The summed E-state index contributed by atoms with van der Waals surface area (Å²) in [6.07, 6.45) is 3.62.